The quantitative estimate of drug-likeness (QED) is 0.616. The molecular formula is C10H9F3INO2. The minimum Gasteiger partial charge on any atom is -0.466 e. The first-order valence-corrected chi connectivity index (χ1v) is 5.80. The van der Waals surface area contributed by atoms with Crippen molar-refractivity contribution in [3.63, 3.8) is 0 Å². The van der Waals surface area contributed by atoms with Crippen LogP contribution in [0.5, 0.6) is 0 Å². The smallest absolute Gasteiger partial charge is 0.434 e. The van der Waals surface area contributed by atoms with Crippen LogP contribution in [-0.4, -0.2) is 17.6 Å². The molecule has 0 N–H and O–H groups in total. The van der Waals surface area contributed by atoms with E-state index in [2.05, 4.69) is 9.72 Å². The fourth-order valence-corrected chi connectivity index (χ4v) is 2.00. The van der Waals surface area contributed by atoms with E-state index in [1.165, 1.54) is 28.7 Å². The first kappa shape index (κ1) is 14.2. The van der Waals surface area contributed by atoms with Crippen molar-refractivity contribution in [1.82, 2.24) is 4.98 Å². The van der Waals surface area contributed by atoms with Gasteiger partial charge >= 0.3 is 12.1 Å². The van der Waals surface area contributed by atoms with Crippen LogP contribution in [0.15, 0.2) is 12.3 Å². The standard InChI is InChI=1S/C10H9F3INO2/c1-2-17-7(16)5-6-3-4-15-9(8(6)14)10(11,12)13/h3-4H,2,5H2,1H3. The lowest BCUT2D eigenvalue weighted by molar-refractivity contribution is -0.144. The van der Waals surface area contributed by atoms with Crippen molar-refractivity contribution < 1.29 is 22.7 Å². The van der Waals surface area contributed by atoms with Crippen molar-refractivity contribution in [2.24, 2.45) is 0 Å². The third-order valence-corrected chi connectivity index (χ3v) is 3.08. The highest BCUT2D eigenvalue weighted by Gasteiger charge is 2.35. The van der Waals surface area contributed by atoms with Crippen molar-refractivity contribution in [2.45, 2.75) is 19.5 Å². The Labute approximate surface area is 110 Å². The Kier molecular flexibility index (Phi) is 4.72. The van der Waals surface area contributed by atoms with Gasteiger partial charge in [0.05, 0.1) is 13.0 Å². The second-order valence-electron chi connectivity index (χ2n) is 3.11. The number of carbonyl (C=O) groups is 1. The van der Waals surface area contributed by atoms with Crippen molar-refractivity contribution in [3.05, 3.63) is 27.1 Å². The molecule has 0 unspecified atom stereocenters. The second kappa shape index (κ2) is 5.65. The summed E-state index contributed by atoms with van der Waals surface area (Å²) in [7, 11) is 0. The van der Waals surface area contributed by atoms with Crippen LogP contribution in [0.1, 0.15) is 18.2 Å². The van der Waals surface area contributed by atoms with Crippen LogP contribution in [-0.2, 0) is 22.1 Å². The van der Waals surface area contributed by atoms with Crippen LogP contribution in [0, 0.1) is 3.57 Å². The Balaban J connectivity index is 2.99. The van der Waals surface area contributed by atoms with E-state index in [9.17, 15) is 18.0 Å². The highest BCUT2D eigenvalue weighted by atomic mass is 127. The van der Waals surface area contributed by atoms with E-state index in [4.69, 9.17) is 0 Å². The highest BCUT2D eigenvalue weighted by molar-refractivity contribution is 14.1. The summed E-state index contributed by atoms with van der Waals surface area (Å²) >= 11 is 1.54. The van der Waals surface area contributed by atoms with Crippen molar-refractivity contribution in [2.75, 3.05) is 6.61 Å². The fraction of sp³-hybridized carbons (Fsp3) is 0.400. The molecular weight excluding hydrogens is 350 g/mol. The highest BCUT2D eigenvalue weighted by Crippen LogP contribution is 2.32. The molecule has 17 heavy (non-hydrogen) atoms. The largest absolute Gasteiger partial charge is 0.466 e. The van der Waals surface area contributed by atoms with E-state index in [0.717, 1.165) is 6.20 Å². The molecule has 0 radical (unpaired) electrons. The lowest BCUT2D eigenvalue weighted by Gasteiger charge is -2.11. The molecule has 0 aliphatic heterocycles. The summed E-state index contributed by atoms with van der Waals surface area (Å²) in [5, 5.41) is 0. The second-order valence-corrected chi connectivity index (χ2v) is 4.19. The number of hydrogen-bond acceptors (Lipinski definition) is 3. The van der Waals surface area contributed by atoms with E-state index >= 15 is 0 Å². The van der Waals surface area contributed by atoms with Crippen LogP contribution in [0.4, 0.5) is 13.2 Å². The summed E-state index contributed by atoms with van der Waals surface area (Å²) in [6, 6.07) is 1.38. The third kappa shape index (κ3) is 3.83. The maximum Gasteiger partial charge on any atom is 0.434 e. The van der Waals surface area contributed by atoms with Gasteiger partial charge in [-0.05, 0) is 41.1 Å². The van der Waals surface area contributed by atoms with Gasteiger partial charge in [-0.3, -0.25) is 9.78 Å². The van der Waals surface area contributed by atoms with Gasteiger partial charge in [-0.15, -0.1) is 0 Å². The average molecular weight is 359 g/mol. The topological polar surface area (TPSA) is 39.2 Å². The monoisotopic (exact) mass is 359 g/mol. The van der Waals surface area contributed by atoms with Crippen LogP contribution < -0.4 is 0 Å². The molecule has 0 fully saturated rings. The van der Waals surface area contributed by atoms with E-state index in [1.807, 2.05) is 0 Å². The molecule has 1 heterocycles. The van der Waals surface area contributed by atoms with Gasteiger partial charge in [0.25, 0.3) is 0 Å². The number of pyridine rings is 1. The first-order chi connectivity index (χ1) is 7.86. The molecule has 1 rings (SSSR count). The van der Waals surface area contributed by atoms with E-state index in [1.54, 1.807) is 6.92 Å². The van der Waals surface area contributed by atoms with Crippen molar-refractivity contribution in [1.29, 1.82) is 0 Å². The lowest BCUT2D eigenvalue weighted by Crippen LogP contribution is -2.14. The average Bonchev–Trinajstić information content (AvgIpc) is 2.19. The summed E-state index contributed by atoms with van der Waals surface area (Å²) in [4.78, 5) is 14.5. The Morgan fingerprint density at radius 2 is 2.18 bits per heavy atom. The number of nitrogens with zero attached hydrogens (tertiary/aromatic N) is 1. The maximum atomic E-state index is 12.5. The first-order valence-electron chi connectivity index (χ1n) is 4.72. The zero-order valence-corrected chi connectivity index (χ0v) is 11.0. The minimum absolute atomic E-state index is 0.0642. The number of hydrogen-bond donors (Lipinski definition) is 0. The molecule has 0 saturated carbocycles. The molecule has 0 amide bonds. The number of ether oxygens (including phenoxy) is 1. The summed E-state index contributed by atoms with van der Waals surface area (Å²) in [5.41, 5.74) is -0.703. The molecule has 1 aromatic rings. The van der Waals surface area contributed by atoms with Crippen LogP contribution in [0.2, 0.25) is 0 Å². The lowest BCUT2D eigenvalue weighted by atomic mass is 10.1. The van der Waals surface area contributed by atoms with Gasteiger partial charge in [-0.25, -0.2) is 0 Å². The maximum absolute atomic E-state index is 12.5. The predicted octanol–water partition coefficient (Wildman–Crippen LogP) is 2.81. The molecule has 0 bridgehead atoms. The Morgan fingerprint density at radius 3 is 2.71 bits per heavy atom. The number of alkyl halides is 3. The number of rotatable bonds is 3. The molecule has 3 nitrogen and oxygen atoms in total. The normalized spacial score (nSPS) is 11.4. The fourth-order valence-electron chi connectivity index (χ4n) is 1.19. The Bertz CT molecular complexity index is 421. The third-order valence-electron chi connectivity index (χ3n) is 1.88. The van der Waals surface area contributed by atoms with Gasteiger partial charge in [0.2, 0.25) is 0 Å². The number of carbonyl (C=O) groups excluding carboxylic acids is 1. The van der Waals surface area contributed by atoms with Crippen LogP contribution in [0.3, 0.4) is 0 Å². The Hall–Kier alpha value is -0.860. The molecule has 0 aromatic carbocycles. The van der Waals surface area contributed by atoms with Gasteiger partial charge in [0.15, 0.2) is 5.69 Å². The van der Waals surface area contributed by atoms with E-state index < -0.39 is 17.8 Å². The predicted molar refractivity (Wildman–Crippen MR) is 62.3 cm³/mol. The number of aromatic nitrogens is 1. The van der Waals surface area contributed by atoms with Crippen LogP contribution >= 0.6 is 22.6 Å². The molecule has 1 aromatic heterocycles. The summed E-state index contributed by atoms with van der Waals surface area (Å²) < 4.78 is 42.2. The van der Waals surface area contributed by atoms with Crippen molar-refractivity contribution in [3.8, 4) is 0 Å². The van der Waals surface area contributed by atoms with Gasteiger partial charge in [0, 0.05) is 9.77 Å². The van der Waals surface area contributed by atoms with Gasteiger partial charge < -0.3 is 4.74 Å². The van der Waals surface area contributed by atoms with Gasteiger partial charge in [0.1, 0.15) is 0 Å². The number of esters is 1. The van der Waals surface area contributed by atoms with Crippen molar-refractivity contribution >= 4 is 28.6 Å². The molecule has 0 aliphatic rings. The summed E-state index contributed by atoms with van der Waals surface area (Å²) in [5.74, 6) is -0.551. The Morgan fingerprint density at radius 1 is 1.53 bits per heavy atom. The molecule has 0 saturated heterocycles. The summed E-state index contributed by atoms with van der Waals surface area (Å²) in [6.07, 6.45) is -3.65. The van der Waals surface area contributed by atoms with E-state index in [0.29, 0.717) is 0 Å². The van der Waals surface area contributed by atoms with Gasteiger partial charge in [-0.2, -0.15) is 13.2 Å². The zero-order chi connectivity index (χ0) is 13.1. The van der Waals surface area contributed by atoms with E-state index in [-0.39, 0.29) is 22.2 Å². The molecule has 94 valence electrons. The number of halogens is 4. The summed E-state index contributed by atoms with van der Waals surface area (Å²) in [6.45, 7) is 1.84. The zero-order valence-electron chi connectivity index (χ0n) is 8.84. The van der Waals surface area contributed by atoms with Crippen LogP contribution in [0.25, 0.3) is 0 Å². The molecule has 0 spiro atoms. The molecule has 0 atom stereocenters. The van der Waals surface area contributed by atoms with Gasteiger partial charge in [-0.1, -0.05) is 0 Å². The SMILES string of the molecule is CCOC(=O)Cc1ccnc(C(F)(F)F)c1I. The molecule has 0 aliphatic carbocycles. The molecule has 7 heteroatoms. The minimum atomic E-state index is -4.51.